The lowest BCUT2D eigenvalue weighted by Crippen LogP contribution is -2.27. The fourth-order valence-electron chi connectivity index (χ4n) is 1.54. The molecule has 0 fully saturated rings. The van der Waals surface area contributed by atoms with Crippen molar-refractivity contribution in [3.05, 3.63) is 59.1 Å². The third-order valence-electron chi connectivity index (χ3n) is 2.50. The van der Waals surface area contributed by atoms with Gasteiger partial charge in [0.1, 0.15) is 10.8 Å². The predicted octanol–water partition coefficient (Wildman–Crippen LogP) is 2.62. The van der Waals surface area contributed by atoms with E-state index in [0.717, 1.165) is 5.56 Å². The van der Waals surface area contributed by atoms with Crippen LogP contribution in [-0.2, 0) is 0 Å². The molecule has 2 heterocycles. The lowest BCUT2D eigenvalue weighted by atomic mass is 10.1. The van der Waals surface area contributed by atoms with Crippen LogP contribution < -0.4 is 5.32 Å². The summed E-state index contributed by atoms with van der Waals surface area (Å²) in [6.07, 6.45) is 3.38. The Hall–Kier alpha value is -1.94. The molecule has 1 atom stereocenters. The second kappa shape index (κ2) is 5.60. The van der Waals surface area contributed by atoms with Crippen molar-refractivity contribution in [3.63, 3.8) is 0 Å². The number of carbonyl (C=O) groups is 1. The van der Waals surface area contributed by atoms with Crippen LogP contribution in [-0.4, -0.2) is 15.9 Å². The van der Waals surface area contributed by atoms with E-state index in [0.29, 0.717) is 10.8 Å². The molecule has 2 aromatic heterocycles. The summed E-state index contributed by atoms with van der Waals surface area (Å²) in [5.74, 6) is -0.248. The molecule has 2 rings (SSSR count). The molecule has 0 spiro atoms. The van der Waals surface area contributed by atoms with Gasteiger partial charge in [-0.1, -0.05) is 17.7 Å². The van der Waals surface area contributed by atoms with Gasteiger partial charge in [-0.2, -0.15) is 0 Å². The Kier molecular flexibility index (Phi) is 3.89. The summed E-state index contributed by atoms with van der Waals surface area (Å²) >= 11 is 5.74. The summed E-state index contributed by atoms with van der Waals surface area (Å²) in [5, 5.41) is 3.16. The number of nitrogens with one attached hydrogen (secondary N) is 1. The Labute approximate surface area is 110 Å². The second-order valence-corrected chi connectivity index (χ2v) is 4.21. The zero-order valence-corrected chi connectivity index (χ0v) is 10.6. The molecule has 0 bridgehead atoms. The van der Waals surface area contributed by atoms with E-state index >= 15 is 0 Å². The number of amides is 1. The van der Waals surface area contributed by atoms with Crippen LogP contribution in [0.25, 0.3) is 0 Å². The Bertz CT molecular complexity index is 545. The first kappa shape index (κ1) is 12.5. The zero-order valence-electron chi connectivity index (χ0n) is 9.80. The van der Waals surface area contributed by atoms with Crippen LogP contribution in [0.15, 0.2) is 42.7 Å². The van der Waals surface area contributed by atoms with Crippen molar-refractivity contribution < 1.29 is 4.79 Å². The van der Waals surface area contributed by atoms with Crippen molar-refractivity contribution in [1.82, 2.24) is 15.3 Å². The van der Waals surface area contributed by atoms with E-state index in [1.165, 1.54) is 0 Å². The molecular weight excluding hydrogens is 250 g/mol. The first-order valence-corrected chi connectivity index (χ1v) is 5.88. The average Bonchev–Trinajstić information content (AvgIpc) is 2.39. The fourth-order valence-corrected chi connectivity index (χ4v) is 1.70. The smallest absolute Gasteiger partial charge is 0.270 e. The van der Waals surface area contributed by atoms with Gasteiger partial charge >= 0.3 is 0 Å². The minimum Gasteiger partial charge on any atom is -0.344 e. The van der Waals surface area contributed by atoms with Gasteiger partial charge in [0.15, 0.2) is 0 Å². The van der Waals surface area contributed by atoms with Crippen LogP contribution in [0.2, 0.25) is 5.15 Å². The van der Waals surface area contributed by atoms with Gasteiger partial charge in [0.05, 0.1) is 6.04 Å². The van der Waals surface area contributed by atoms with Gasteiger partial charge in [0, 0.05) is 12.4 Å². The summed E-state index contributed by atoms with van der Waals surface area (Å²) < 4.78 is 0. The van der Waals surface area contributed by atoms with Gasteiger partial charge in [0.25, 0.3) is 5.91 Å². The molecule has 1 amide bonds. The number of pyridine rings is 2. The van der Waals surface area contributed by atoms with E-state index < -0.39 is 0 Å². The van der Waals surface area contributed by atoms with Crippen molar-refractivity contribution in [2.45, 2.75) is 13.0 Å². The van der Waals surface area contributed by atoms with Crippen molar-refractivity contribution in [3.8, 4) is 0 Å². The SMILES string of the molecule is CC(NC(=O)c1cccc(Cl)n1)c1ccncc1. The van der Waals surface area contributed by atoms with Gasteiger partial charge < -0.3 is 5.32 Å². The number of carbonyl (C=O) groups excluding carboxylic acids is 1. The van der Waals surface area contributed by atoms with Gasteiger partial charge in [0.2, 0.25) is 0 Å². The molecule has 0 saturated heterocycles. The van der Waals surface area contributed by atoms with Gasteiger partial charge in [-0.25, -0.2) is 4.98 Å². The lowest BCUT2D eigenvalue weighted by Gasteiger charge is -2.13. The molecule has 0 aromatic carbocycles. The Morgan fingerprint density at radius 2 is 2.00 bits per heavy atom. The molecule has 0 radical (unpaired) electrons. The maximum Gasteiger partial charge on any atom is 0.270 e. The first-order chi connectivity index (χ1) is 8.66. The Morgan fingerprint density at radius 3 is 2.67 bits per heavy atom. The van der Waals surface area contributed by atoms with Crippen LogP contribution in [0.3, 0.4) is 0 Å². The highest BCUT2D eigenvalue weighted by molar-refractivity contribution is 6.29. The Balaban J connectivity index is 2.08. The average molecular weight is 262 g/mol. The predicted molar refractivity (Wildman–Crippen MR) is 69.4 cm³/mol. The van der Waals surface area contributed by atoms with Crippen LogP contribution in [0.4, 0.5) is 0 Å². The van der Waals surface area contributed by atoms with Crippen molar-refractivity contribution in [2.75, 3.05) is 0 Å². The molecule has 1 unspecified atom stereocenters. The third-order valence-corrected chi connectivity index (χ3v) is 2.71. The highest BCUT2D eigenvalue weighted by Crippen LogP contribution is 2.12. The number of hydrogen-bond acceptors (Lipinski definition) is 3. The normalized spacial score (nSPS) is 11.9. The number of rotatable bonds is 3. The topological polar surface area (TPSA) is 54.9 Å². The van der Waals surface area contributed by atoms with E-state index in [1.54, 1.807) is 30.6 Å². The minimum absolute atomic E-state index is 0.110. The van der Waals surface area contributed by atoms with Gasteiger partial charge in [-0.3, -0.25) is 9.78 Å². The third kappa shape index (κ3) is 3.05. The van der Waals surface area contributed by atoms with Gasteiger partial charge in [-0.05, 0) is 36.8 Å². The van der Waals surface area contributed by atoms with Crippen LogP contribution >= 0.6 is 11.6 Å². The molecule has 92 valence electrons. The molecule has 1 N–H and O–H groups in total. The number of halogens is 1. The first-order valence-electron chi connectivity index (χ1n) is 5.50. The number of aromatic nitrogens is 2. The van der Waals surface area contributed by atoms with E-state index in [-0.39, 0.29) is 11.9 Å². The van der Waals surface area contributed by atoms with E-state index in [9.17, 15) is 4.79 Å². The summed E-state index contributed by atoms with van der Waals surface area (Å²) in [6.45, 7) is 1.90. The molecular formula is C13H12ClN3O. The number of nitrogens with zero attached hydrogens (tertiary/aromatic N) is 2. The molecule has 0 aliphatic rings. The maximum atomic E-state index is 11.9. The monoisotopic (exact) mass is 261 g/mol. The fraction of sp³-hybridized carbons (Fsp3) is 0.154. The standard InChI is InChI=1S/C13H12ClN3O/c1-9(10-5-7-15-8-6-10)16-13(18)11-3-2-4-12(14)17-11/h2-9H,1H3,(H,16,18). The summed E-state index contributed by atoms with van der Waals surface area (Å²) in [4.78, 5) is 19.8. The van der Waals surface area contributed by atoms with E-state index in [2.05, 4.69) is 15.3 Å². The summed E-state index contributed by atoms with van der Waals surface area (Å²) in [6, 6.07) is 8.56. The zero-order chi connectivity index (χ0) is 13.0. The van der Waals surface area contributed by atoms with Crippen molar-refractivity contribution >= 4 is 17.5 Å². The summed E-state index contributed by atoms with van der Waals surface area (Å²) in [5.41, 5.74) is 1.30. The highest BCUT2D eigenvalue weighted by atomic mass is 35.5. The van der Waals surface area contributed by atoms with Crippen LogP contribution in [0.1, 0.15) is 29.0 Å². The molecule has 18 heavy (non-hydrogen) atoms. The highest BCUT2D eigenvalue weighted by Gasteiger charge is 2.12. The lowest BCUT2D eigenvalue weighted by molar-refractivity contribution is 0.0935. The largest absolute Gasteiger partial charge is 0.344 e. The second-order valence-electron chi connectivity index (χ2n) is 3.82. The van der Waals surface area contributed by atoms with Crippen LogP contribution in [0, 0.1) is 0 Å². The minimum atomic E-state index is -0.248. The summed E-state index contributed by atoms with van der Waals surface area (Å²) in [7, 11) is 0. The molecule has 4 nitrogen and oxygen atoms in total. The maximum absolute atomic E-state index is 11.9. The molecule has 0 aliphatic heterocycles. The van der Waals surface area contributed by atoms with E-state index in [4.69, 9.17) is 11.6 Å². The molecule has 5 heteroatoms. The quantitative estimate of drug-likeness (QED) is 0.864. The Morgan fingerprint density at radius 1 is 1.28 bits per heavy atom. The van der Waals surface area contributed by atoms with Crippen LogP contribution in [0.5, 0.6) is 0 Å². The van der Waals surface area contributed by atoms with E-state index in [1.807, 2.05) is 19.1 Å². The number of hydrogen-bond donors (Lipinski definition) is 1. The molecule has 2 aromatic rings. The van der Waals surface area contributed by atoms with Crippen molar-refractivity contribution in [1.29, 1.82) is 0 Å². The van der Waals surface area contributed by atoms with Gasteiger partial charge in [-0.15, -0.1) is 0 Å². The van der Waals surface area contributed by atoms with Crippen molar-refractivity contribution in [2.24, 2.45) is 0 Å². The molecule has 0 aliphatic carbocycles. The molecule has 0 saturated carbocycles.